The van der Waals surface area contributed by atoms with Crippen LogP contribution in [0.2, 0.25) is 0 Å². The van der Waals surface area contributed by atoms with E-state index < -0.39 is 0 Å². The molecule has 1 aromatic heterocycles. The van der Waals surface area contributed by atoms with Gasteiger partial charge in [-0.2, -0.15) is 5.26 Å². The number of allylic oxidation sites excluding steroid dienone is 1. The third kappa shape index (κ3) is 1.68. The predicted octanol–water partition coefficient (Wildman–Crippen LogP) is 1.33. The second-order valence-corrected chi connectivity index (χ2v) is 2.45. The summed E-state index contributed by atoms with van der Waals surface area (Å²) in [6.45, 7) is 6.33. The van der Waals surface area contributed by atoms with Crippen molar-refractivity contribution in [1.82, 2.24) is 9.55 Å². The molecule has 1 aromatic rings. The zero-order valence-electron chi connectivity index (χ0n) is 6.41. The Morgan fingerprint density at radius 3 is 3.18 bits per heavy atom. The van der Waals surface area contributed by atoms with E-state index in [0.29, 0.717) is 12.4 Å². The molecule has 0 aliphatic carbocycles. The van der Waals surface area contributed by atoms with Crippen LogP contribution in [0.5, 0.6) is 0 Å². The average molecular weight is 147 g/mol. The van der Waals surface area contributed by atoms with Crippen LogP contribution >= 0.6 is 0 Å². The Labute approximate surface area is 65.6 Å². The van der Waals surface area contributed by atoms with Gasteiger partial charge in [-0.05, 0) is 6.92 Å². The van der Waals surface area contributed by atoms with Crippen LogP contribution in [0.25, 0.3) is 0 Å². The molecule has 0 atom stereocenters. The number of hydrogen-bond acceptors (Lipinski definition) is 2. The summed E-state index contributed by atoms with van der Waals surface area (Å²) in [5.74, 6) is 0.438. The molecule has 3 nitrogen and oxygen atoms in total. The lowest BCUT2D eigenvalue weighted by Gasteiger charge is -2.00. The van der Waals surface area contributed by atoms with Gasteiger partial charge in [0.25, 0.3) is 0 Å². The summed E-state index contributed by atoms with van der Waals surface area (Å²) >= 11 is 0. The maximum absolute atomic E-state index is 8.56. The Kier molecular flexibility index (Phi) is 2.07. The van der Waals surface area contributed by atoms with E-state index in [9.17, 15) is 0 Å². The predicted molar refractivity (Wildman–Crippen MR) is 41.8 cm³/mol. The highest BCUT2D eigenvalue weighted by molar-refractivity contribution is 5.12. The van der Waals surface area contributed by atoms with Crippen molar-refractivity contribution in [1.29, 1.82) is 5.26 Å². The molecule has 0 aliphatic rings. The van der Waals surface area contributed by atoms with Gasteiger partial charge in [0.05, 0.1) is 0 Å². The molecule has 0 spiro atoms. The first-order valence-electron chi connectivity index (χ1n) is 3.29. The maximum Gasteiger partial charge on any atom is 0.213 e. The van der Waals surface area contributed by atoms with Crippen LogP contribution in [0.1, 0.15) is 12.7 Å². The molecule has 3 heteroatoms. The van der Waals surface area contributed by atoms with Crippen LogP contribution in [-0.2, 0) is 6.54 Å². The van der Waals surface area contributed by atoms with Gasteiger partial charge >= 0.3 is 0 Å². The Morgan fingerprint density at radius 1 is 1.91 bits per heavy atom. The fourth-order valence-electron chi connectivity index (χ4n) is 0.841. The highest BCUT2D eigenvalue weighted by Gasteiger charge is 1.98. The van der Waals surface area contributed by atoms with Gasteiger partial charge in [0, 0.05) is 18.9 Å². The summed E-state index contributed by atoms with van der Waals surface area (Å²) in [5.41, 5.74) is 1.01. The lowest BCUT2D eigenvalue weighted by molar-refractivity contribution is 0.771. The van der Waals surface area contributed by atoms with E-state index in [0.717, 1.165) is 5.57 Å². The third-order valence-electron chi connectivity index (χ3n) is 1.26. The Bertz CT molecular complexity index is 303. The largest absolute Gasteiger partial charge is 0.319 e. The standard InChI is InChI=1S/C8H9N3/c1-7(2)6-11-4-3-10-8(11)5-9/h3-4H,1,6H2,2H3. The molecule has 0 unspecified atom stereocenters. The average Bonchev–Trinajstić information content (AvgIpc) is 2.34. The number of rotatable bonds is 2. The fraction of sp³-hybridized carbons (Fsp3) is 0.250. The smallest absolute Gasteiger partial charge is 0.213 e. The van der Waals surface area contributed by atoms with Crippen molar-refractivity contribution in [3.63, 3.8) is 0 Å². The van der Waals surface area contributed by atoms with E-state index in [1.54, 1.807) is 17.0 Å². The van der Waals surface area contributed by atoms with Crippen LogP contribution in [0.15, 0.2) is 24.5 Å². The zero-order chi connectivity index (χ0) is 8.27. The van der Waals surface area contributed by atoms with Gasteiger partial charge in [-0.3, -0.25) is 0 Å². The summed E-state index contributed by atoms with van der Waals surface area (Å²) in [5, 5.41) is 8.56. The van der Waals surface area contributed by atoms with E-state index in [4.69, 9.17) is 5.26 Å². The van der Waals surface area contributed by atoms with Crippen molar-refractivity contribution in [2.24, 2.45) is 0 Å². The SMILES string of the molecule is C=C(C)Cn1ccnc1C#N. The topological polar surface area (TPSA) is 41.6 Å². The van der Waals surface area contributed by atoms with Gasteiger partial charge in [-0.25, -0.2) is 4.98 Å². The maximum atomic E-state index is 8.56. The molecule has 1 rings (SSSR count). The van der Waals surface area contributed by atoms with Gasteiger partial charge in [-0.1, -0.05) is 12.2 Å². The van der Waals surface area contributed by atoms with Crippen molar-refractivity contribution >= 4 is 0 Å². The molecule has 0 aromatic carbocycles. The fourth-order valence-corrected chi connectivity index (χ4v) is 0.841. The molecule has 0 radical (unpaired) electrons. The second kappa shape index (κ2) is 3.02. The molecular formula is C8H9N3. The molecule has 56 valence electrons. The van der Waals surface area contributed by atoms with Gasteiger partial charge in [0.2, 0.25) is 5.82 Å². The normalized spacial score (nSPS) is 9.09. The van der Waals surface area contributed by atoms with Crippen molar-refractivity contribution in [2.45, 2.75) is 13.5 Å². The summed E-state index contributed by atoms with van der Waals surface area (Å²) < 4.78 is 1.77. The molecule has 1 heterocycles. The third-order valence-corrected chi connectivity index (χ3v) is 1.26. The number of imidazole rings is 1. The van der Waals surface area contributed by atoms with E-state index in [1.165, 1.54) is 0 Å². The molecule has 0 saturated heterocycles. The van der Waals surface area contributed by atoms with Crippen LogP contribution in [0.3, 0.4) is 0 Å². The summed E-state index contributed by atoms with van der Waals surface area (Å²) in [6, 6.07) is 1.99. The van der Waals surface area contributed by atoms with E-state index in [1.807, 2.05) is 13.0 Å². The summed E-state index contributed by atoms with van der Waals surface area (Å²) in [4.78, 5) is 3.85. The zero-order valence-corrected chi connectivity index (χ0v) is 6.41. The Hall–Kier alpha value is -1.56. The Balaban J connectivity index is 2.87. The molecular weight excluding hydrogens is 138 g/mol. The van der Waals surface area contributed by atoms with Gasteiger partial charge in [0.15, 0.2) is 0 Å². The number of hydrogen-bond donors (Lipinski definition) is 0. The highest BCUT2D eigenvalue weighted by atomic mass is 15.1. The van der Waals surface area contributed by atoms with E-state index >= 15 is 0 Å². The first-order chi connectivity index (χ1) is 5.24. The van der Waals surface area contributed by atoms with Crippen LogP contribution in [0.4, 0.5) is 0 Å². The molecule has 0 saturated carbocycles. The quantitative estimate of drug-likeness (QED) is 0.592. The number of nitriles is 1. The monoisotopic (exact) mass is 147 g/mol. The minimum absolute atomic E-state index is 0.438. The van der Waals surface area contributed by atoms with Gasteiger partial charge in [0.1, 0.15) is 6.07 Å². The molecule has 0 fully saturated rings. The molecule has 11 heavy (non-hydrogen) atoms. The Morgan fingerprint density at radius 2 is 2.64 bits per heavy atom. The van der Waals surface area contributed by atoms with Crippen molar-refractivity contribution < 1.29 is 0 Å². The lowest BCUT2D eigenvalue weighted by Crippen LogP contribution is -1.99. The number of nitrogens with zero attached hydrogens (tertiary/aromatic N) is 3. The summed E-state index contributed by atoms with van der Waals surface area (Å²) in [6.07, 6.45) is 3.38. The second-order valence-electron chi connectivity index (χ2n) is 2.45. The first-order valence-corrected chi connectivity index (χ1v) is 3.29. The molecule has 0 amide bonds. The van der Waals surface area contributed by atoms with Crippen molar-refractivity contribution in [2.75, 3.05) is 0 Å². The van der Waals surface area contributed by atoms with Crippen molar-refractivity contribution in [3.8, 4) is 6.07 Å². The van der Waals surface area contributed by atoms with Crippen LogP contribution in [-0.4, -0.2) is 9.55 Å². The first kappa shape index (κ1) is 7.55. The van der Waals surface area contributed by atoms with Crippen LogP contribution < -0.4 is 0 Å². The number of aromatic nitrogens is 2. The minimum Gasteiger partial charge on any atom is -0.319 e. The summed E-state index contributed by atoms with van der Waals surface area (Å²) in [7, 11) is 0. The van der Waals surface area contributed by atoms with Crippen LogP contribution in [0, 0.1) is 11.3 Å². The molecule has 0 bridgehead atoms. The molecule has 0 N–H and O–H groups in total. The minimum atomic E-state index is 0.438. The van der Waals surface area contributed by atoms with Gasteiger partial charge < -0.3 is 4.57 Å². The molecule has 0 aliphatic heterocycles. The highest BCUT2D eigenvalue weighted by Crippen LogP contribution is 1.99. The lowest BCUT2D eigenvalue weighted by atomic mass is 10.3. The van der Waals surface area contributed by atoms with Crippen molar-refractivity contribution in [3.05, 3.63) is 30.4 Å². The van der Waals surface area contributed by atoms with Gasteiger partial charge in [-0.15, -0.1) is 0 Å². The van der Waals surface area contributed by atoms with E-state index in [-0.39, 0.29) is 0 Å². The van der Waals surface area contributed by atoms with E-state index in [2.05, 4.69) is 11.6 Å².